The van der Waals surface area contributed by atoms with Gasteiger partial charge in [-0.3, -0.25) is 0 Å². The molecule has 3 N–H and O–H groups in total. The second-order valence-corrected chi connectivity index (χ2v) is 14.8. The summed E-state index contributed by atoms with van der Waals surface area (Å²) < 4.78 is 31.7. The van der Waals surface area contributed by atoms with Gasteiger partial charge in [-0.15, -0.1) is 11.3 Å². The van der Waals surface area contributed by atoms with Gasteiger partial charge in [-0.2, -0.15) is 9.19 Å². The highest BCUT2D eigenvalue weighted by atomic mass is 32.2. The minimum Gasteiger partial charge on any atom is -0.390 e. The number of pyridine rings is 1. The van der Waals surface area contributed by atoms with E-state index in [2.05, 4.69) is 36.0 Å². The Bertz CT molecular complexity index is 1740. The third kappa shape index (κ3) is 6.27. The molecular weight excluding hydrogens is 603 g/mol. The molecule has 15 heteroatoms. The Morgan fingerprint density at radius 2 is 1.86 bits per heavy atom. The van der Waals surface area contributed by atoms with Crippen molar-refractivity contribution >= 4 is 43.8 Å². The minimum atomic E-state index is -3.48. The van der Waals surface area contributed by atoms with Gasteiger partial charge in [0.2, 0.25) is 0 Å². The number of nitrogens with zero attached hydrogens (tertiary/aromatic N) is 7. The van der Waals surface area contributed by atoms with E-state index in [1.807, 2.05) is 19.2 Å². The zero-order chi connectivity index (χ0) is 30.3. The van der Waals surface area contributed by atoms with Crippen molar-refractivity contribution in [3.63, 3.8) is 0 Å². The van der Waals surface area contributed by atoms with E-state index < -0.39 is 15.6 Å². The quantitative estimate of drug-likeness (QED) is 0.243. The Hall–Kier alpha value is -3.66. The first-order valence-corrected chi connectivity index (χ1v) is 17.3. The Balaban J connectivity index is 1.14. The number of aromatic nitrogens is 6. The van der Waals surface area contributed by atoms with Crippen LogP contribution in [0.15, 0.2) is 42.3 Å². The number of nitrogens with one attached hydrogen (secondary N) is 2. The fourth-order valence-corrected chi connectivity index (χ4v) is 7.87. The van der Waals surface area contributed by atoms with Crippen LogP contribution < -0.4 is 15.5 Å². The van der Waals surface area contributed by atoms with Gasteiger partial charge in [-0.1, -0.05) is 0 Å². The van der Waals surface area contributed by atoms with Crippen LogP contribution in [0, 0.1) is 0 Å². The highest BCUT2D eigenvalue weighted by molar-refractivity contribution is 7.90. The molecule has 3 aliphatic rings. The number of rotatable bonds is 9. The normalized spacial score (nSPS) is 22.6. The smallest absolute Gasteiger partial charge is 0.256 e. The first-order valence-electron chi connectivity index (χ1n) is 14.9. The van der Waals surface area contributed by atoms with Crippen LogP contribution in [0.4, 0.5) is 22.5 Å². The summed E-state index contributed by atoms with van der Waals surface area (Å²) in [4.78, 5) is 20.8. The summed E-state index contributed by atoms with van der Waals surface area (Å²) in [5.74, 6) is 1.45. The maximum atomic E-state index is 12.6. The lowest BCUT2D eigenvalue weighted by Crippen LogP contribution is -2.36. The molecule has 0 bridgehead atoms. The number of hydrogen-bond acceptors (Lipinski definition) is 13. The molecule has 0 atom stereocenters. The van der Waals surface area contributed by atoms with Crippen LogP contribution in [0.1, 0.15) is 45.4 Å². The van der Waals surface area contributed by atoms with Crippen molar-refractivity contribution in [2.24, 2.45) is 0 Å². The van der Waals surface area contributed by atoms with Gasteiger partial charge in [0.05, 0.1) is 47.7 Å². The molecule has 0 aromatic carbocycles. The molecule has 4 aromatic heterocycles. The molecule has 13 nitrogen and oxygen atoms in total. The highest BCUT2D eigenvalue weighted by Crippen LogP contribution is 2.37. The SMILES string of the molecule is CC1(O)CCC(Nc2cc(Nc3ccnc(-c4cnn(S(=O)(=O)C5CC5)c4)n3)ncc2-c2csc(N3CCOCC3)n2)CC1. The van der Waals surface area contributed by atoms with Gasteiger partial charge in [0.15, 0.2) is 11.0 Å². The van der Waals surface area contributed by atoms with Crippen molar-refractivity contribution in [3.8, 4) is 22.6 Å². The summed E-state index contributed by atoms with van der Waals surface area (Å²) in [6.07, 6.45) is 10.9. The van der Waals surface area contributed by atoms with Gasteiger partial charge in [0.1, 0.15) is 11.6 Å². The Morgan fingerprint density at radius 3 is 2.64 bits per heavy atom. The fourth-order valence-electron chi connectivity index (χ4n) is 5.52. The first kappa shape index (κ1) is 29.1. The van der Waals surface area contributed by atoms with Crippen molar-refractivity contribution < 1.29 is 18.3 Å². The van der Waals surface area contributed by atoms with Crippen LogP contribution >= 0.6 is 11.3 Å². The van der Waals surface area contributed by atoms with Crippen LogP contribution in [0.25, 0.3) is 22.6 Å². The van der Waals surface area contributed by atoms with Gasteiger partial charge in [-0.25, -0.2) is 28.4 Å². The van der Waals surface area contributed by atoms with Crippen molar-refractivity contribution in [1.82, 2.24) is 29.1 Å². The van der Waals surface area contributed by atoms with E-state index in [0.717, 1.165) is 64.9 Å². The lowest BCUT2D eigenvalue weighted by molar-refractivity contribution is 0.0196. The van der Waals surface area contributed by atoms with E-state index in [-0.39, 0.29) is 11.3 Å². The summed E-state index contributed by atoms with van der Waals surface area (Å²) >= 11 is 1.61. The van der Waals surface area contributed by atoms with Crippen molar-refractivity contribution in [3.05, 3.63) is 42.3 Å². The van der Waals surface area contributed by atoms with Gasteiger partial charge >= 0.3 is 0 Å². The molecule has 7 rings (SSSR count). The zero-order valence-electron chi connectivity index (χ0n) is 24.4. The largest absolute Gasteiger partial charge is 0.390 e. The summed E-state index contributed by atoms with van der Waals surface area (Å²) in [7, 11) is -3.48. The Labute approximate surface area is 259 Å². The summed E-state index contributed by atoms with van der Waals surface area (Å²) in [5.41, 5.74) is 2.53. The first-order chi connectivity index (χ1) is 21.2. The average molecular weight is 638 g/mol. The predicted octanol–water partition coefficient (Wildman–Crippen LogP) is 3.88. The van der Waals surface area contributed by atoms with Crippen molar-refractivity contribution in [2.75, 3.05) is 41.8 Å². The molecule has 0 unspecified atom stereocenters. The topological polar surface area (TPSA) is 160 Å². The molecule has 232 valence electrons. The number of morpholine rings is 1. The third-order valence-electron chi connectivity index (χ3n) is 8.31. The molecule has 2 aliphatic carbocycles. The molecule has 2 saturated carbocycles. The maximum absolute atomic E-state index is 12.6. The molecule has 3 fully saturated rings. The molecule has 0 spiro atoms. The molecule has 1 saturated heterocycles. The van der Waals surface area contributed by atoms with E-state index in [0.29, 0.717) is 49.1 Å². The molecule has 5 heterocycles. The van der Waals surface area contributed by atoms with E-state index >= 15 is 0 Å². The minimum absolute atomic E-state index is 0.204. The van der Waals surface area contributed by atoms with Gasteiger partial charge in [0, 0.05) is 54.2 Å². The second kappa shape index (κ2) is 11.7. The number of hydrogen-bond donors (Lipinski definition) is 3. The summed E-state index contributed by atoms with van der Waals surface area (Å²) in [6.45, 7) is 4.93. The number of thiazole rings is 1. The Morgan fingerprint density at radius 1 is 1.07 bits per heavy atom. The molecule has 1 aliphatic heterocycles. The summed E-state index contributed by atoms with van der Waals surface area (Å²) in [6, 6.07) is 3.89. The zero-order valence-corrected chi connectivity index (χ0v) is 26.0. The molecule has 0 radical (unpaired) electrons. The van der Waals surface area contributed by atoms with Crippen LogP contribution in [-0.2, 0) is 14.8 Å². The third-order valence-corrected chi connectivity index (χ3v) is 11.2. The summed E-state index contributed by atoms with van der Waals surface area (Å²) in [5, 5.41) is 24.2. The Kier molecular flexibility index (Phi) is 7.72. The van der Waals surface area contributed by atoms with E-state index in [1.165, 1.54) is 12.4 Å². The van der Waals surface area contributed by atoms with Crippen molar-refractivity contribution in [2.45, 2.75) is 62.3 Å². The van der Waals surface area contributed by atoms with E-state index in [1.54, 1.807) is 23.6 Å². The van der Waals surface area contributed by atoms with Crippen LogP contribution in [-0.4, -0.2) is 85.8 Å². The van der Waals surface area contributed by atoms with Gasteiger partial charge < -0.3 is 25.4 Å². The van der Waals surface area contributed by atoms with Gasteiger partial charge in [0.25, 0.3) is 10.0 Å². The van der Waals surface area contributed by atoms with Gasteiger partial charge in [-0.05, 0) is 51.5 Å². The number of anilines is 4. The monoisotopic (exact) mass is 637 g/mol. The predicted molar refractivity (Wildman–Crippen MR) is 169 cm³/mol. The molecule has 0 amide bonds. The second-order valence-electron chi connectivity index (χ2n) is 11.9. The molecular formula is C29H35N9O4S2. The van der Waals surface area contributed by atoms with Crippen LogP contribution in [0.5, 0.6) is 0 Å². The van der Waals surface area contributed by atoms with Crippen molar-refractivity contribution in [1.29, 1.82) is 0 Å². The highest BCUT2D eigenvalue weighted by Gasteiger charge is 2.37. The lowest BCUT2D eigenvalue weighted by atomic mass is 9.83. The molecule has 44 heavy (non-hydrogen) atoms. The van der Waals surface area contributed by atoms with E-state index in [9.17, 15) is 13.5 Å². The lowest BCUT2D eigenvalue weighted by Gasteiger charge is -2.34. The average Bonchev–Trinajstić information content (AvgIpc) is 3.57. The number of aliphatic hydroxyl groups is 1. The standard InChI is InChI=1S/C29H35N9O4S2/c1-29(39)7-4-20(5-8-29)33-23-14-26(31-16-22(23)24-18-43-28(34-24)37-10-12-42-13-11-37)35-25-6-9-30-27(36-25)19-15-32-38(17-19)44(40,41)21-2-3-21/h6,9,14-18,20-21,39H,2-5,7-8,10-13H2,1H3,(H2,30,31,33,35,36). The van der Waals surface area contributed by atoms with E-state index in [4.69, 9.17) is 14.7 Å². The number of ether oxygens (including phenoxy) is 1. The van der Waals surface area contributed by atoms with Crippen LogP contribution in [0.2, 0.25) is 0 Å². The van der Waals surface area contributed by atoms with Crippen LogP contribution in [0.3, 0.4) is 0 Å². The maximum Gasteiger partial charge on any atom is 0.256 e. The molecule has 4 aromatic rings. The fraction of sp³-hybridized carbons (Fsp3) is 0.483.